The molecule has 3 aromatic carbocycles. The van der Waals surface area contributed by atoms with Gasteiger partial charge in [0.15, 0.2) is 0 Å². The molecule has 7 nitrogen and oxygen atoms in total. The first-order valence-corrected chi connectivity index (χ1v) is 11.5. The van der Waals surface area contributed by atoms with Gasteiger partial charge in [-0.05, 0) is 67.6 Å². The lowest BCUT2D eigenvalue weighted by molar-refractivity contribution is 0.0930. The van der Waals surface area contributed by atoms with Crippen molar-refractivity contribution in [2.75, 3.05) is 0 Å². The minimum atomic E-state index is -0.725. The first kappa shape index (κ1) is 23.9. The topological polar surface area (TPSA) is 86.0 Å². The molecular weight excluding hydrogens is 440 g/mol. The van der Waals surface area contributed by atoms with Crippen molar-refractivity contribution in [3.63, 3.8) is 0 Å². The van der Waals surface area contributed by atoms with Crippen LogP contribution in [0.5, 0.6) is 0 Å². The highest BCUT2D eigenvalue weighted by Gasteiger charge is 2.22. The third-order valence-corrected chi connectivity index (χ3v) is 5.96. The Morgan fingerprint density at radius 2 is 1.54 bits per heavy atom. The van der Waals surface area contributed by atoms with Gasteiger partial charge in [0, 0.05) is 0 Å². The molecule has 0 radical (unpaired) electrons. The summed E-state index contributed by atoms with van der Waals surface area (Å²) in [4.78, 5) is 40.1. The minimum Gasteiger partial charge on any atom is -0.344 e. The van der Waals surface area contributed by atoms with Crippen molar-refractivity contribution in [3.8, 4) is 5.69 Å². The molecule has 0 aliphatic heterocycles. The maximum absolute atomic E-state index is 13.5. The van der Waals surface area contributed by atoms with Crippen LogP contribution in [0.4, 0.5) is 0 Å². The SMILES string of the molecule is Cc1cc(C)cc(-n2nc(C(=O)N[C@H](C)c3ccccc3)c(=O)n(Cc3ccccc3C)c2=O)c1. The summed E-state index contributed by atoms with van der Waals surface area (Å²) in [5.41, 5.74) is 3.36. The molecule has 0 aliphatic rings. The third-order valence-electron chi connectivity index (χ3n) is 5.96. The lowest BCUT2D eigenvalue weighted by Crippen LogP contribution is -2.46. The average Bonchev–Trinajstić information content (AvgIpc) is 2.82. The van der Waals surface area contributed by atoms with Gasteiger partial charge in [-0.1, -0.05) is 60.7 Å². The Morgan fingerprint density at radius 1 is 0.914 bits per heavy atom. The van der Waals surface area contributed by atoms with E-state index in [1.165, 1.54) is 0 Å². The molecule has 0 saturated carbocycles. The monoisotopic (exact) mass is 468 g/mol. The Morgan fingerprint density at radius 3 is 2.20 bits per heavy atom. The van der Waals surface area contributed by atoms with E-state index in [2.05, 4.69) is 10.4 Å². The van der Waals surface area contributed by atoms with E-state index in [1.807, 2.05) is 88.4 Å². The van der Waals surface area contributed by atoms with Gasteiger partial charge in [0.1, 0.15) is 0 Å². The second kappa shape index (κ2) is 9.93. The molecule has 1 aromatic heterocycles. The van der Waals surface area contributed by atoms with Gasteiger partial charge in [0.25, 0.3) is 11.5 Å². The van der Waals surface area contributed by atoms with Crippen LogP contribution in [0.2, 0.25) is 0 Å². The van der Waals surface area contributed by atoms with Crippen molar-refractivity contribution < 1.29 is 4.79 Å². The van der Waals surface area contributed by atoms with Gasteiger partial charge in [0.2, 0.25) is 5.69 Å². The van der Waals surface area contributed by atoms with Gasteiger partial charge < -0.3 is 5.32 Å². The summed E-state index contributed by atoms with van der Waals surface area (Å²) < 4.78 is 2.22. The number of amides is 1. The number of carbonyl (C=O) groups is 1. The Kier molecular flexibility index (Phi) is 6.78. The molecular formula is C28H28N4O3. The number of rotatable bonds is 6. The smallest absolute Gasteiger partial charge is 0.344 e. The second-order valence-electron chi connectivity index (χ2n) is 8.81. The quantitative estimate of drug-likeness (QED) is 0.466. The van der Waals surface area contributed by atoms with Crippen LogP contribution < -0.4 is 16.6 Å². The molecule has 0 fully saturated rings. The predicted molar refractivity (Wildman–Crippen MR) is 136 cm³/mol. The Balaban J connectivity index is 1.85. The van der Waals surface area contributed by atoms with Crippen molar-refractivity contribution >= 4 is 5.91 Å². The van der Waals surface area contributed by atoms with E-state index in [0.29, 0.717) is 5.69 Å². The molecule has 178 valence electrons. The predicted octanol–water partition coefficient (Wildman–Crippen LogP) is 3.86. The number of hydrogen-bond acceptors (Lipinski definition) is 4. The Hall–Kier alpha value is -4.26. The van der Waals surface area contributed by atoms with E-state index in [4.69, 9.17) is 0 Å². The molecule has 4 rings (SSSR count). The molecule has 1 atom stereocenters. The number of carbonyl (C=O) groups excluding carboxylic acids is 1. The summed E-state index contributed by atoms with van der Waals surface area (Å²) >= 11 is 0. The van der Waals surface area contributed by atoms with Crippen molar-refractivity contribution in [2.24, 2.45) is 0 Å². The lowest BCUT2D eigenvalue weighted by atomic mass is 10.1. The molecule has 0 bridgehead atoms. The third kappa shape index (κ3) is 5.14. The summed E-state index contributed by atoms with van der Waals surface area (Å²) in [5, 5.41) is 7.10. The van der Waals surface area contributed by atoms with Crippen molar-refractivity contribution in [2.45, 2.75) is 40.3 Å². The number of benzene rings is 3. The fraction of sp³-hybridized carbons (Fsp3) is 0.214. The number of nitrogens with one attached hydrogen (secondary N) is 1. The van der Waals surface area contributed by atoms with Gasteiger partial charge in [0.05, 0.1) is 18.3 Å². The van der Waals surface area contributed by atoms with Crippen molar-refractivity contribution in [1.29, 1.82) is 0 Å². The van der Waals surface area contributed by atoms with E-state index in [9.17, 15) is 14.4 Å². The van der Waals surface area contributed by atoms with E-state index in [-0.39, 0.29) is 18.3 Å². The molecule has 0 spiro atoms. The first-order chi connectivity index (χ1) is 16.7. The molecule has 1 N–H and O–H groups in total. The molecule has 7 heteroatoms. The van der Waals surface area contributed by atoms with Gasteiger partial charge in [-0.25, -0.2) is 4.79 Å². The summed E-state index contributed by atoms with van der Waals surface area (Å²) in [5.74, 6) is -0.636. The van der Waals surface area contributed by atoms with E-state index in [1.54, 1.807) is 12.1 Å². The van der Waals surface area contributed by atoms with Gasteiger partial charge in [-0.2, -0.15) is 9.78 Å². The van der Waals surface area contributed by atoms with Crippen LogP contribution in [0.15, 0.2) is 82.4 Å². The van der Waals surface area contributed by atoms with Crippen LogP contribution in [0.3, 0.4) is 0 Å². The molecule has 35 heavy (non-hydrogen) atoms. The zero-order valence-electron chi connectivity index (χ0n) is 20.3. The highest BCUT2D eigenvalue weighted by atomic mass is 16.2. The van der Waals surface area contributed by atoms with Crippen LogP contribution >= 0.6 is 0 Å². The van der Waals surface area contributed by atoms with Crippen LogP contribution in [0.25, 0.3) is 5.69 Å². The number of hydrogen-bond donors (Lipinski definition) is 1. The maximum atomic E-state index is 13.5. The minimum absolute atomic E-state index is 0.0339. The van der Waals surface area contributed by atoms with Crippen LogP contribution in [-0.4, -0.2) is 20.3 Å². The fourth-order valence-corrected chi connectivity index (χ4v) is 4.09. The number of aryl methyl sites for hydroxylation is 3. The van der Waals surface area contributed by atoms with Crippen molar-refractivity contribution in [3.05, 3.63) is 127 Å². The standard InChI is InChI=1S/C28H28N4O3/c1-18-14-19(2)16-24(15-18)32-28(35)31(17-23-13-9-8-10-20(23)3)27(34)25(30-32)26(33)29-21(4)22-11-6-5-7-12-22/h5-16,21H,17H2,1-4H3,(H,29,33)/t21-/m1/s1. The highest BCUT2D eigenvalue weighted by Crippen LogP contribution is 2.14. The molecule has 0 saturated heterocycles. The zero-order valence-corrected chi connectivity index (χ0v) is 20.3. The summed E-state index contributed by atoms with van der Waals surface area (Å²) in [7, 11) is 0. The molecule has 1 amide bonds. The molecule has 4 aromatic rings. The van der Waals surface area contributed by atoms with E-state index < -0.39 is 17.2 Å². The lowest BCUT2D eigenvalue weighted by Gasteiger charge is -2.16. The summed E-state index contributed by atoms with van der Waals surface area (Å²) in [6.07, 6.45) is 0. The zero-order chi connectivity index (χ0) is 25.1. The van der Waals surface area contributed by atoms with E-state index in [0.717, 1.165) is 37.1 Å². The maximum Gasteiger partial charge on any atom is 0.352 e. The largest absolute Gasteiger partial charge is 0.352 e. The normalized spacial score (nSPS) is 11.8. The summed E-state index contributed by atoms with van der Waals surface area (Å²) in [6.45, 7) is 7.62. The Labute approximate surface area is 203 Å². The van der Waals surface area contributed by atoms with Gasteiger partial charge in [-0.15, -0.1) is 0 Å². The Bertz CT molecular complexity index is 1480. The number of aromatic nitrogens is 3. The van der Waals surface area contributed by atoms with Gasteiger partial charge >= 0.3 is 5.69 Å². The van der Waals surface area contributed by atoms with Gasteiger partial charge in [-0.3, -0.25) is 14.2 Å². The van der Waals surface area contributed by atoms with E-state index >= 15 is 0 Å². The van der Waals surface area contributed by atoms with Crippen LogP contribution in [0, 0.1) is 20.8 Å². The summed E-state index contributed by atoms with van der Waals surface area (Å²) in [6, 6.07) is 22.2. The van der Waals surface area contributed by atoms with Crippen LogP contribution in [0.1, 0.15) is 51.3 Å². The molecule has 1 heterocycles. The highest BCUT2D eigenvalue weighted by molar-refractivity contribution is 5.92. The van der Waals surface area contributed by atoms with Crippen molar-refractivity contribution in [1.82, 2.24) is 19.7 Å². The second-order valence-corrected chi connectivity index (χ2v) is 8.81. The average molecular weight is 469 g/mol. The molecule has 0 aliphatic carbocycles. The fourth-order valence-electron chi connectivity index (χ4n) is 4.09. The van der Waals surface area contributed by atoms with Crippen LogP contribution in [-0.2, 0) is 6.54 Å². The number of nitrogens with zero attached hydrogens (tertiary/aromatic N) is 3. The molecule has 0 unspecified atom stereocenters. The first-order valence-electron chi connectivity index (χ1n) is 11.5.